The van der Waals surface area contributed by atoms with Gasteiger partial charge in [0.2, 0.25) is 0 Å². The van der Waals surface area contributed by atoms with Gasteiger partial charge in [0.25, 0.3) is 5.91 Å². The second kappa shape index (κ2) is 3.15. The van der Waals surface area contributed by atoms with E-state index in [0.29, 0.717) is 12.1 Å². The molecule has 5 heteroatoms. The minimum atomic E-state index is -0.0887. The minimum Gasteiger partial charge on any atom is -0.506 e. The van der Waals surface area contributed by atoms with Crippen molar-refractivity contribution < 1.29 is 9.90 Å². The smallest absolute Gasteiger partial charge is 0.253 e. The van der Waals surface area contributed by atoms with Crippen molar-refractivity contribution in [2.75, 3.05) is 6.54 Å². The number of hydrogen-bond donors (Lipinski definition) is 3. The molecule has 1 amide bonds. The summed E-state index contributed by atoms with van der Waals surface area (Å²) in [7, 11) is 0. The molecular weight excluding hydrogens is 228 g/mol. The molecule has 82 valence electrons. The van der Waals surface area contributed by atoms with E-state index in [-0.39, 0.29) is 16.7 Å². The van der Waals surface area contributed by atoms with Crippen LogP contribution in [0.25, 0.3) is 10.9 Å². The molecule has 0 aliphatic carbocycles. The van der Waals surface area contributed by atoms with Gasteiger partial charge in [0.1, 0.15) is 5.75 Å². The summed E-state index contributed by atoms with van der Waals surface area (Å²) in [5, 5.41) is 13.3. The van der Waals surface area contributed by atoms with Crippen LogP contribution >= 0.6 is 11.6 Å². The normalized spacial score (nSPS) is 14.9. The maximum atomic E-state index is 11.7. The summed E-state index contributed by atoms with van der Waals surface area (Å²) in [6.07, 6.45) is 0.772. The van der Waals surface area contributed by atoms with E-state index in [4.69, 9.17) is 11.6 Å². The third-order valence-corrected chi connectivity index (χ3v) is 3.13. The Bertz CT molecular complexity index is 604. The second-order valence-corrected chi connectivity index (χ2v) is 4.24. The van der Waals surface area contributed by atoms with Gasteiger partial charge in [0, 0.05) is 30.1 Å². The summed E-state index contributed by atoms with van der Waals surface area (Å²) < 4.78 is 0. The van der Waals surface area contributed by atoms with Crippen molar-refractivity contribution in [2.24, 2.45) is 0 Å². The van der Waals surface area contributed by atoms with Gasteiger partial charge in [-0.15, -0.1) is 0 Å². The molecule has 1 aromatic heterocycles. The lowest BCUT2D eigenvalue weighted by Crippen LogP contribution is -2.31. The first-order chi connectivity index (χ1) is 7.66. The van der Waals surface area contributed by atoms with E-state index in [0.717, 1.165) is 23.0 Å². The fraction of sp³-hybridized carbons (Fsp3) is 0.182. The number of aromatic hydroxyl groups is 1. The van der Waals surface area contributed by atoms with Crippen molar-refractivity contribution in [1.82, 2.24) is 10.3 Å². The molecule has 2 aromatic rings. The molecule has 0 atom stereocenters. The van der Waals surface area contributed by atoms with Gasteiger partial charge >= 0.3 is 0 Å². The SMILES string of the molecule is O=C1NCCc2[nH]c3cc(O)c(Cl)cc3c21. The Morgan fingerprint density at radius 1 is 1.38 bits per heavy atom. The third-order valence-electron chi connectivity index (χ3n) is 2.83. The van der Waals surface area contributed by atoms with Crippen molar-refractivity contribution >= 4 is 28.4 Å². The molecule has 16 heavy (non-hydrogen) atoms. The summed E-state index contributed by atoms with van der Waals surface area (Å²) in [4.78, 5) is 14.9. The number of rotatable bonds is 0. The zero-order chi connectivity index (χ0) is 11.3. The van der Waals surface area contributed by atoms with Crippen LogP contribution in [-0.4, -0.2) is 22.5 Å². The second-order valence-electron chi connectivity index (χ2n) is 3.83. The standard InChI is InChI=1S/C11H9ClN2O2/c12-6-3-5-8(4-9(6)15)14-7-1-2-13-11(16)10(5)7/h3-4,14-15H,1-2H2,(H,13,16). The summed E-state index contributed by atoms with van der Waals surface area (Å²) in [5.74, 6) is -0.0672. The first-order valence-corrected chi connectivity index (χ1v) is 5.36. The number of benzene rings is 1. The minimum absolute atomic E-state index is 0.0215. The predicted molar refractivity (Wildman–Crippen MR) is 61.0 cm³/mol. The van der Waals surface area contributed by atoms with E-state index < -0.39 is 0 Å². The Kier molecular flexibility index (Phi) is 1.88. The van der Waals surface area contributed by atoms with Crippen LogP contribution in [0.5, 0.6) is 5.75 Å². The molecule has 3 N–H and O–H groups in total. The average Bonchev–Trinajstić information content (AvgIpc) is 2.58. The third kappa shape index (κ3) is 1.20. The first-order valence-electron chi connectivity index (χ1n) is 4.98. The molecule has 1 aliphatic rings. The van der Waals surface area contributed by atoms with Crippen LogP contribution in [0.1, 0.15) is 16.1 Å². The van der Waals surface area contributed by atoms with Crippen LogP contribution in [-0.2, 0) is 6.42 Å². The molecule has 0 radical (unpaired) electrons. The Hall–Kier alpha value is -1.68. The number of carbonyl (C=O) groups is 1. The Labute approximate surface area is 96.2 Å². The highest BCUT2D eigenvalue weighted by molar-refractivity contribution is 6.33. The molecule has 0 fully saturated rings. The molecule has 0 saturated carbocycles. The van der Waals surface area contributed by atoms with Gasteiger partial charge in [-0.05, 0) is 6.07 Å². The number of halogens is 1. The quantitative estimate of drug-likeness (QED) is 0.653. The lowest BCUT2D eigenvalue weighted by atomic mass is 10.1. The van der Waals surface area contributed by atoms with Crippen molar-refractivity contribution in [3.8, 4) is 5.75 Å². The lowest BCUT2D eigenvalue weighted by molar-refractivity contribution is 0.0947. The summed E-state index contributed by atoms with van der Waals surface area (Å²) in [6, 6.07) is 3.16. The van der Waals surface area contributed by atoms with Crippen LogP contribution in [0.4, 0.5) is 0 Å². The average molecular weight is 237 g/mol. The van der Waals surface area contributed by atoms with E-state index in [1.165, 1.54) is 0 Å². The molecule has 1 aromatic carbocycles. The number of hydrogen-bond acceptors (Lipinski definition) is 2. The largest absolute Gasteiger partial charge is 0.506 e. The van der Waals surface area contributed by atoms with E-state index in [9.17, 15) is 9.90 Å². The Morgan fingerprint density at radius 2 is 2.19 bits per heavy atom. The number of aromatic amines is 1. The maximum Gasteiger partial charge on any atom is 0.253 e. The molecule has 0 bridgehead atoms. The fourth-order valence-electron chi connectivity index (χ4n) is 2.10. The summed E-state index contributed by atoms with van der Waals surface area (Å²) in [5.41, 5.74) is 2.28. The van der Waals surface area contributed by atoms with Gasteiger partial charge in [-0.1, -0.05) is 11.6 Å². The van der Waals surface area contributed by atoms with Crippen LogP contribution in [0.2, 0.25) is 5.02 Å². The van der Waals surface area contributed by atoms with Gasteiger partial charge in [0.05, 0.1) is 16.1 Å². The predicted octanol–water partition coefficient (Wildman–Crippen LogP) is 1.81. The fourth-order valence-corrected chi connectivity index (χ4v) is 2.26. The van der Waals surface area contributed by atoms with Crippen LogP contribution in [0, 0.1) is 0 Å². The molecular formula is C11H9ClN2O2. The van der Waals surface area contributed by atoms with Gasteiger partial charge < -0.3 is 15.4 Å². The van der Waals surface area contributed by atoms with Crippen molar-refractivity contribution in [3.05, 3.63) is 28.4 Å². The van der Waals surface area contributed by atoms with Gasteiger partial charge in [-0.2, -0.15) is 0 Å². The number of fused-ring (bicyclic) bond motifs is 3. The number of H-pyrrole nitrogens is 1. The summed E-state index contributed by atoms with van der Waals surface area (Å²) >= 11 is 5.84. The molecule has 1 aliphatic heterocycles. The zero-order valence-corrected chi connectivity index (χ0v) is 9.06. The number of carbonyl (C=O) groups excluding carboxylic acids is 1. The number of aromatic nitrogens is 1. The van der Waals surface area contributed by atoms with Crippen molar-refractivity contribution in [1.29, 1.82) is 0 Å². The van der Waals surface area contributed by atoms with Crippen molar-refractivity contribution in [2.45, 2.75) is 6.42 Å². The van der Waals surface area contributed by atoms with Gasteiger partial charge in [-0.3, -0.25) is 4.79 Å². The van der Waals surface area contributed by atoms with E-state index in [2.05, 4.69) is 10.3 Å². The lowest BCUT2D eigenvalue weighted by Gasteiger charge is -2.11. The number of phenolic OH excluding ortho intramolecular Hbond substituents is 1. The molecule has 0 saturated heterocycles. The van der Waals surface area contributed by atoms with Crippen LogP contribution in [0.3, 0.4) is 0 Å². The number of phenols is 1. The van der Waals surface area contributed by atoms with Gasteiger partial charge in [0.15, 0.2) is 0 Å². The van der Waals surface area contributed by atoms with Crippen LogP contribution < -0.4 is 5.32 Å². The first kappa shape index (κ1) is 9.54. The van der Waals surface area contributed by atoms with E-state index in [1.54, 1.807) is 12.1 Å². The van der Waals surface area contributed by atoms with Gasteiger partial charge in [-0.25, -0.2) is 0 Å². The highest BCUT2D eigenvalue weighted by atomic mass is 35.5. The molecule has 3 rings (SSSR count). The van der Waals surface area contributed by atoms with E-state index in [1.807, 2.05) is 0 Å². The molecule has 2 heterocycles. The Morgan fingerprint density at radius 3 is 3.00 bits per heavy atom. The molecule has 4 nitrogen and oxygen atoms in total. The maximum absolute atomic E-state index is 11.7. The summed E-state index contributed by atoms with van der Waals surface area (Å²) in [6.45, 7) is 0.637. The Balaban J connectivity index is 2.38. The number of nitrogens with one attached hydrogen (secondary N) is 2. The monoisotopic (exact) mass is 236 g/mol. The number of amides is 1. The molecule has 0 unspecified atom stereocenters. The molecule has 0 spiro atoms. The highest BCUT2D eigenvalue weighted by Crippen LogP contribution is 2.32. The van der Waals surface area contributed by atoms with E-state index >= 15 is 0 Å². The zero-order valence-electron chi connectivity index (χ0n) is 8.30. The van der Waals surface area contributed by atoms with Crippen LogP contribution in [0.15, 0.2) is 12.1 Å². The highest BCUT2D eigenvalue weighted by Gasteiger charge is 2.22. The topological polar surface area (TPSA) is 65.1 Å². The van der Waals surface area contributed by atoms with Crippen molar-refractivity contribution in [3.63, 3.8) is 0 Å².